The molecule has 0 aromatic carbocycles. The van der Waals surface area contributed by atoms with Gasteiger partial charge in [0.25, 0.3) is 0 Å². The standard InChI is InChI=1S/C13H27N3.HI/c1-2-10-15-13(14)16-11-6-5-9-12-7-3-4-8-12;/h12H,2-11H2,1H3,(H3,14,15,16);1H. The van der Waals surface area contributed by atoms with E-state index in [-0.39, 0.29) is 24.0 Å². The van der Waals surface area contributed by atoms with Gasteiger partial charge in [-0.1, -0.05) is 45.4 Å². The van der Waals surface area contributed by atoms with Crippen molar-refractivity contribution < 1.29 is 0 Å². The molecule has 1 rings (SSSR count). The van der Waals surface area contributed by atoms with Crippen LogP contribution in [0, 0.1) is 5.92 Å². The molecular formula is C13H28IN3. The quantitative estimate of drug-likeness (QED) is 0.319. The molecule has 1 aliphatic rings. The second-order valence-electron chi connectivity index (χ2n) is 4.84. The SMILES string of the molecule is CCCN=C(N)NCCCCC1CCCC1.I. The number of rotatable bonds is 7. The zero-order valence-corrected chi connectivity index (χ0v) is 13.4. The van der Waals surface area contributed by atoms with Crippen LogP contribution in [0.1, 0.15) is 58.3 Å². The number of nitrogens with two attached hydrogens (primary N) is 1. The van der Waals surface area contributed by atoms with Crippen molar-refractivity contribution in [3.8, 4) is 0 Å². The van der Waals surface area contributed by atoms with Crippen LogP contribution in [0.5, 0.6) is 0 Å². The van der Waals surface area contributed by atoms with E-state index in [9.17, 15) is 0 Å². The molecule has 0 radical (unpaired) electrons. The molecule has 102 valence electrons. The molecule has 3 nitrogen and oxygen atoms in total. The first kappa shape index (κ1) is 17.0. The summed E-state index contributed by atoms with van der Waals surface area (Å²) in [5.74, 6) is 1.63. The number of unbranched alkanes of at least 4 members (excludes halogenated alkanes) is 1. The molecule has 0 bridgehead atoms. The number of nitrogens with zero attached hydrogens (tertiary/aromatic N) is 1. The molecule has 0 unspecified atom stereocenters. The maximum Gasteiger partial charge on any atom is 0.188 e. The Morgan fingerprint density at radius 1 is 1.29 bits per heavy atom. The van der Waals surface area contributed by atoms with Crippen molar-refractivity contribution in [1.82, 2.24) is 5.32 Å². The third kappa shape index (κ3) is 8.69. The first-order chi connectivity index (χ1) is 7.83. The van der Waals surface area contributed by atoms with Crippen molar-refractivity contribution in [1.29, 1.82) is 0 Å². The Hall–Kier alpha value is 0. The molecule has 1 aliphatic carbocycles. The van der Waals surface area contributed by atoms with Crippen molar-refractivity contribution in [3.63, 3.8) is 0 Å². The Kier molecular flexibility index (Phi) is 11.1. The molecule has 17 heavy (non-hydrogen) atoms. The summed E-state index contributed by atoms with van der Waals surface area (Å²) in [6, 6.07) is 0. The van der Waals surface area contributed by atoms with E-state index in [1.165, 1.54) is 44.9 Å². The fraction of sp³-hybridized carbons (Fsp3) is 0.923. The lowest BCUT2D eigenvalue weighted by Gasteiger charge is -2.09. The summed E-state index contributed by atoms with van der Waals surface area (Å²) in [6.45, 7) is 3.92. The molecule has 0 spiro atoms. The van der Waals surface area contributed by atoms with Gasteiger partial charge in [0, 0.05) is 13.1 Å². The predicted molar refractivity (Wildman–Crippen MR) is 86.0 cm³/mol. The fourth-order valence-corrected chi connectivity index (χ4v) is 2.36. The van der Waals surface area contributed by atoms with Crippen LogP contribution in [0.15, 0.2) is 4.99 Å². The lowest BCUT2D eigenvalue weighted by Crippen LogP contribution is -2.32. The van der Waals surface area contributed by atoms with E-state index in [1.54, 1.807) is 0 Å². The van der Waals surface area contributed by atoms with Gasteiger partial charge in [-0.2, -0.15) is 0 Å². The van der Waals surface area contributed by atoms with Crippen LogP contribution in [-0.2, 0) is 0 Å². The van der Waals surface area contributed by atoms with Gasteiger partial charge in [0.15, 0.2) is 5.96 Å². The third-order valence-corrected chi connectivity index (χ3v) is 3.33. The van der Waals surface area contributed by atoms with Crippen molar-refractivity contribution >= 4 is 29.9 Å². The summed E-state index contributed by atoms with van der Waals surface area (Å²) in [4.78, 5) is 4.20. The summed E-state index contributed by atoms with van der Waals surface area (Å²) in [6.07, 6.45) is 10.9. The first-order valence-electron chi connectivity index (χ1n) is 6.86. The van der Waals surface area contributed by atoms with Gasteiger partial charge in [0.2, 0.25) is 0 Å². The summed E-state index contributed by atoms with van der Waals surface area (Å²) in [5.41, 5.74) is 5.70. The lowest BCUT2D eigenvalue weighted by molar-refractivity contribution is 0.473. The van der Waals surface area contributed by atoms with E-state index in [1.807, 2.05) is 0 Å². The Morgan fingerprint density at radius 3 is 2.65 bits per heavy atom. The number of halogens is 1. The minimum absolute atomic E-state index is 0. The molecule has 0 heterocycles. The van der Waals surface area contributed by atoms with Gasteiger partial charge >= 0.3 is 0 Å². The van der Waals surface area contributed by atoms with Crippen LogP contribution in [0.2, 0.25) is 0 Å². The van der Waals surface area contributed by atoms with E-state index in [4.69, 9.17) is 5.73 Å². The highest BCUT2D eigenvalue weighted by atomic mass is 127. The fourth-order valence-electron chi connectivity index (χ4n) is 2.36. The van der Waals surface area contributed by atoms with Gasteiger partial charge in [0.1, 0.15) is 0 Å². The highest BCUT2D eigenvalue weighted by Crippen LogP contribution is 2.28. The molecule has 0 aromatic heterocycles. The number of hydrogen-bond acceptors (Lipinski definition) is 1. The number of aliphatic imine (C=N–C) groups is 1. The van der Waals surface area contributed by atoms with Crippen molar-refractivity contribution in [2.75, 3.05) is 13.1 Å². The summed E-state index contributed by atoms with van der Waals surface area (Å²) in [5, 5.41) is 3.17. The Labute approximate surface area is 123 Å². The smallest absolute Gasteiger partial charge is 0.188 e. The van der Waals surface area contributed by atoms with Crippen LogP contribution in [-0.4, -0.2) is 19.0 Å². The van der Waals surface area contributed by atoms with E-state index in [0.29, 0.717) is 5.96 Å². The van der Waals surface area contributed by atoms with Crippen LogP contribution in [0.3, 0.4) is 0 Å². The summed E-state index contributed by atoms with van der Waals surface area (Å²) < 4.78 is 0. The summed E-state index contributed by atoms with van der Waals surface area (Å²) >= 11 is 0. The molecule has 0 amide bonds. The highest BCUT2D eigenvalue weighted by Gasteiger charge is 2.13. The van der Waals surface area contributed by atoms with E-state index >= 15 is 0 Å². The molecule has 4 heteroatoms. The second-order valence-corrected chi connectivity index (χ2v) is 4.84. The Balaban J connectivity index is 0.00000256. The monoisotopic (exact) mass is 353 g/mol. The van der Waals surface area contributed by atoms with Crippen LogP contribution >= 0.6 is 24.0 Å². The minimum Gasteiger partial charge on any atom is -0.370 e. The number of nitrogens with one attached hydrogen (secondary N) is 1. The average Bonchev–Trinajstić information content (AvgIpc) is 2.79. The minimum atomic E-state index is 0. The molecule has 0 aliphatic heterocycles. The topological polar surface area (TPSA) is 50.4 Å². The van der Waals surface area contributed by atoms with Crippen LogP contribution in [0.25, 0.3) is 0 Å². The largest absolute Gasteiger partial charge is 0.370 e. The number of hydrogen-bond donors (Lipinski definition) is 2. The lowest BCUT2D eigenvalue weighted by atomic mass is 10.0. The molecule has 1 saturated carbocycles. The van der Waals surface area contributed by atoms with Gasteiger partial charge in [-0.15, -0.1) is 24.0 Å². The predicted octanol–water partition coefficient (Wildman–Crippen LogP) is 3.28. The molecule has 0 saturated heterocycles. The zero-order valence-electron chi connectivity index (χ0n) is 11.1. The van der Waals surface area contributed by atoms with E-state index in [2.05, 4.69) is 17.2 Å². The first-order valence-corrected chi connectivity index (χ1v) is 6.86. The van der Waals surface area contributed by atoms with Gasteiger partial charge in [-0.25, -0.2) is 0 Å². The molecule has 3 N–H and O–H groups in total. The average molecular weight is 353 g/mol. The molecular weight excluding hydrogens is 325 g/mol. The van der Waals surface area contributed by atoms with Crippen molar-refractivity contribution in [2.24, 2.45) is 16.6 Å². The zero-order chi connectivity index (χ0) is 11.6. The van der Waals surface area contributed by atoms with Crippen LogP contribution in [0.4, 0.5) is 0 Å². The van der Waals surface area contributed by atoms with Crippen molar-refractivity contribution in [3.05, 3.63) is 0 Å². The molecule has 1 fully saturated rings. The van der Waals surface area contributed by atoms with Crippen LogP contribution < -0.4 is 11.1 Å². The Morgan fingerprint density at radius 2 is 2.00 bits per heavy atom. The number of guanidine groups is 1. The Bertz CT molecular complexity index is 201. The maximum atomic E-state index is 5.70. The van der Waals surface area contributed by atoms with Gasteiger partial charge < -0.3 is 11.1 Å². The molecule has 0 aromatic rings. The second kappa shape index (κ2) is 11.1. The van der Waals surface area contributed by atoms with Gasteiger partial charge in [-0.3, -0.25) is 4.99 Å². The third-order valence-electron chi connectivity index (χ3n) is 3.33. The van der Waals surface area contributed by atoms with Crippen molar-refractivity contribution in [2.45, 2.75) is 58.3 Å². The molecule has 0 atom stereocenters. The highest BCUT2D eigenvalue weighted by molar-refractivity contribution is 14.0. The summed E-state index contributed by atoms with van der Waals surface area (Å²) in [7, 11) is 0. The van der Waals surface area contributed by atoms with E-state index < -0.39 is 0 Å². The van der Waals surface area contributed by atoms with E-state index in [0.717, 1.165) is 25.4 Å². The van der Waals surface area contributed by atoms with Gasteiger partial charge in [-0.05, 0) is 18.8 Å². The normalized spacial score (nSPS) is 16.9. The maximum absolute atomic E-state index is 5.70. The van der Waals surface area contributed by atoms with Gasteiger partial charge in [0.05, 0.1) is 0 Å².